The number of carbonyl (C=O) groups is 2. The van der Waals surface area contributed by atoms with Crippen molar-refractivity contribution in [1.82, 2.24) is 14.8 Å². The predicted molar refractivity (Wildman–Crippen MR) is 77.8 cm³/mol. The second-order valence-corrected chi connectivity index (χ2v) is 4.58. The van der Waals surface area contributed by atoms with E-state index in [1.165, 1.54) is 24.4 Å². The van der Waals surface area contributed by atoms with Crippen LogP contribution in [0, 0.1) is 0 Å². The van der Waals surface area contributed by atoms with Crippen LogP contribution in [0.3, 0.4) is 0 Å². The van der Waals surface area contributed by atoms with E-state index in [2.05, 4.69) is 20.1 Å². The summed E-state index contributed by atoms with van der Waals surface area (Å²) in [7, 11) is 1.36. The fourth-order valence-corrected chi connectivity index (χ4v) is 1.80. The number of aromatic nitrogens is 3. The Bertz CT molecular complexity index is 660. The molecule has 1 heterocycles. The highest BCUT2D eigenvalue weighted by molar-refractivity contribution is 6.31. The number of anilines is 1. The first-order valence-electron chi connectivity index (χ1n) is 6.19. The lowest BCUT2D eigenvalue weighted by Gasteiger charge is -2.11. The Balaban J connectivity index is 2.07. The fraction of sp³-hybridized carbons (Fsp3) is 0.231. The second-order valence-electron chi connectivity index (χ2n) is 4.14. The van der Waals surface area contributed by atoms with E-state index in [4.69, 9.17) is 16.3 Å². The highest BCUT2D eigenvalue weighted by Gasteiger charge is 2.12. The number of hydrogen-bond donors (Lipinski definition) is 1. The van der Waals surface area contributed by atoms with Gasteiger partial charge in [-0.2, -0.15) is 5.10 Å². The number of carbonyl (C=O) groups excluding carboxylic acids is 2. The topological polar surface area (TPSA) is 95.3 Å². The van der Waals surface area contributed by atoms with Crippen LogP contribution in [-0.2, 0) is 19.1 Å². The number of ether oxygens (including phenoxy) is 2. The van der Waals surface area contributed by atoms with Gasteiger partial charge in [0.05, 0.1) is 11.4 Å². The van der Waals surface area contributed by atoms with Crippen molar-refractivity contribution in [3.05, 3.63) is 35.9 Å². The summed E-state index contributed by atoms with van der Waals surface area (Å²) in [4.78, 5) is 26.8. The summed E-state index contributed by atoms with van der Waals surface area (Å²) in [6.07, 6.45) is 2.85. The first kappa shape index (κ1) is 15.9. The number of hydrogen-bond acceptors (Lipinski definition) is 6. The van der Waals surface area contributed by atoms with Crippen molar-refractivity contribution >= 4 is 29.2 Å². The van der Waals surface area contributed by atoms with Crippen LogP contribution in [0.4, 0.5) is 5.69 Å². The van der Waals surface area contributed by atoms with Crippen LogP contribution in [-0.4, -0.2) is 47.0 Å². The largest absolute Gasteiger partial charge is 0.454 e. The smallest absolute Gasteiger partial charge is 0.332 e. The molecule has 0 unspecified atom stereocenters. The minimum Gasteiger partial charge on any atom is -0.454 e. The molecule has 0 fully saturated rings. The molecular formula is C13H13ClN4O4. The van der Waals surface area contributed by atoms with Crippen molar-refractivity contribution in [1.29, 1.82) is 0 Å². The summed E-state index contributed by atoms with van der Waals surface area (Å²) in [5.41, 5.74) is 1.00. The predicted octanol–water partition coefficient (Wildman–Crippen LogP) is 1.05. The van der Waals surface area contributed by atoms with Gasteiger partial charge in [0.1, 0.15) is 19.3 Å². The molecule has 0 saturated heterocycles. The van der Waals surface area contributed by atoms with Crippen molar-refractivity contribution in [3.63, 3.8) is 0 Å². The zero-order valence-corrected chi connectivity index (χ0v) is 12.4. The molecule has 0 aliphatic carbocycles. The Hall–Kier alpha value is -2.45. The molecule has 1 amide bonds. The highest BCUT2D eigenvalue weighted by Crippen LogP contribution is 2.23. The van der Waals surface area contributed by atoms with Crippen LogP contribution in [0.1, 0.15) is 0 Å². The van der Waals surface area contributed by atoms with Crippen LogP contribution in [0.5, 0.6) is 0 Å². The van der Waals surface area contributed by atoms with Crippen molar-refractivity contribution in [2.75, 3.05) is 25.6 Å². The van der Waals surface area contributed by atoms with Gasteiger partial charge in [0, 0.05) is 12.1 Å². The number of halogens is 1. The van der Waals surface area contributed by atoms with Gasteiger partial charge in [0.15, 0.2) is 6.61 Å². The minimum absolute atomic E-state index is 0.214. The monoisotopic (exact) mass is 324 g/mol. The molecule has 1 aromatic carbocycles. The van der Waals surface area contributed by atoms with Crippen molar-refractivity contribution in [2.45, 2.75) is 0 Å². The molecule has 2 rings (SSSR count). The van der Waals surface area contributed by atoms with Crippen LogP contribution in [0.2, 0.25) is 5.02 Å². The van der Waals surface area contributed by atoms with Gasteiger partial charge >= 0.3 is 5.97 Å². The van der Waals surface area contributed by atoms with Crippen molar-refractivity contribution in [2.24, 2.45) is 0 Å². The fourth-order valence-electron chi connectivity index (χ4n) is 1.63. The van der Waals surface area contributed by atoms with E-state index in [1.54, 1.807) is 18.2 Å². The minimum atomic E-state index is -0.625. The average molecular weight is 325 g/mol. The molecule has 0 radical (unpaired) electrons. The Kier molecular flexibility index (Phi) is 5.45. The SMILES string of the molecule is COCC(=O)OCC(=O)Nc1cc(Cl)ccc1-n1cncn1. The van der Waals surface area contributed by atoms with Crippen LogP contribution in [0.25, 0.3) is 5.69 Å². The van der Waals surface area contributed by atoms with E-state index in [0.717, 1.165) is 0 Å². The summed E-state index contributed by atoms with van der Waals surface area (Å²) >= 11 is 5.93. The number of rotatable bonds is 6. The van der Waals surface area contributed by atoms with E-state index in [0.29, 0.717) is 16.4 Å². The quantitative estimate of drug-likeness (QED) is 0.798. The first-order valence-corrected chi connectivity index (χ1v) is 6.57. The third kappa shape index (κ3) is 4.27. The molecule has 116 valence electrons. The Morgan fingerprint density at radius 2 is 2.18 bits per heavy atom. The van der Waals surface area contributed by atoms with Gasteiger partial charge in [-0.05, 0) is 18.2 Å². The molecule has 1 aromatic heterocycles. The van der Waals surface area contributed by atoms with Gasteiger partial charge in [-0.25, -0.2) is 14.5 Å². The lowest BCUT2D eigenvalue weighted by molar-refractivity contribution is -0.150. The summed E-state index contributed by atoms with van der Waals surface area (Å²) in [5.74, 6) is -1.13. The van der Waals surface area contributed by atoms with E-state index in [-0.39, 0.29) is 6.61 Å². The number of nitrogens with zero attached hydrogens (tertiary/aromatic N) is 3. The number of methoxy groups -OCH3 is 1. The molecule has 0 aliphatic rings. The van der Waals surface area contributed by atoms with Gasteiger partial charge in [-0.15, -0.1) is 0 Å². The third-order valence-corrected chi connectivity index (χ3v) is 2.76. The molecule has 0 aliphatic heterocycles. The second kappa shape index (κ2) is 7.53. The number of amides is 1. The zero-order valence-electron chi connectivity index (χ0n) is 11.7. The van der Waals surface area contributed by atoms with Crippen LogP contribution in [0.15, 0.2) is 30.9 Å². The number of nitrogens with one attached hydrogen (secondary N) is 1. The van der Waals surface area contributed by atoms with E-state index < -0.39 is 18.5 Å². The van der Waals surface area contributed by atoms with Gasteiger partial charge < -0.3 is 14.8 Å². The number of benzene rings is 1. The molecule has 22 heavy (non-hydrogen) atoms. The third-order valence-electron chi connectivity index (χ3n) is 2.52. The summed E-state index contributed by atoms with van der Waals surface area (Å²) in [5, 5.41) is 7.04. The molecule has 1 N–H and O–H groups in total. The van der Waals surface area contributed by atoms with Gasteiger partial charge in [-0.3, -0.25) is 4.79 Å². The molecule has 0 atom stereocenters. The van der Waals surface area contributed by atoms with E-state index in [9.17, 15) is 9.59 Å². The molecule has 0 saturated carbocycles. The maximum absolute atomic E-state index is 11.8. The van der Waals surface area contributed by atoms with Crippen molar-refractivity contribution in [3.8, 4) is 5.69 Å². The number of esters is 1. The summed E-state index contributed by atoms with van der Waals surface area (Å²) in [6.45, 7) is -0.639. The molecule has 2 aromatic rings. The van der Waals surface area contributed by atoms with Crippen LogP contribution >= 0.6 is 11.6 Å². The van der Waals surface area contributed by atoms with Gasteiger partial charge in [0.25, 0.3) is 5.91 Å². The molecule has 9 heteroatoms. The Morgan fingerprint density at radius 3 is 2.86 bits per heavy atom. The lowest BCUT2D eigenvalue weighted by atomic mass is 10.2. The maximum atomic E-state index is 11.8. The summed E-state index contributed by atoms with van der Waals surface area (Å²) in [6, 6.07) is 4.91. The van der Waals surface area contributed by atoms with Crippen LogP contribution < -0.4 is 5.32 Å². The normalized spacial score (nSPS) is 10.3. The highest BCUT2D eigenvalue weighted by atomic mass is 35.5. The molecule has 8 nitrogen and oxygen atoms in total. The van der Waals surface area contributed by atoms with Crippen molar-refractivity contribution < 1.29 is 19.1 Å². The molecular weight excluding hydrogens is 312 g/mol. The average Bonchev–Trinajstić information content (AvgIpc) is 3.00. The first-order chi connectivity index (χ1) is 10.6. The van der Waals surface area contributed by atoms with E-state index >= 15 is 0 Å². The zero-order chi connectivity index (χ0) is 15.9. The standard InChI is InChI=1S/C13H13ClN4O4/c1-21-6-13(20)22-5-12(19)17-10-4-9(14)2-3-11(10)18-8-15-7-16-18/h2-4,7-8H,5-6H2,1H3,(H,17,19). The summed E-state index contributed by atoms with van der Waals surface area (Å²) < 4.78 is 10.8. The van der Waals surface area contributed by atoms with E-state index in [1.807, 2.05) is 0 Å². The Labute approximate surface area is 131 Å². The van der Waals surface area contributed by atoms with Gasteiger partial charge in [0.2, 0.25) is 0 Å². The maximum Gasteiger partial charge on any atom is 0.332 e. The van der Waals surface area contributed by atoms with Gasteiger partial charge in [-0.1, -0.05) is 11.6 Å². The Morgan fingerprint density at radius 1 is 1.36 bits per heavy atom. The molecule has 0 bridgehead atoms. The lowest BCUT2D eigenvalue weighted by Crippen LogP contribution is -2.23. The molecule has 0 spiro atoms.